The van der Waals surface area contributed by atoms with E-state index in [4.69, 9.17) is 0 Å². The van der Waals surface area contributed by atoms with Crippen LogP contribution < -0.4 is 10.6 Å². The highest BCUT2D eigenvalue weighted by atomic mass is 19.4. The summed E-state index contributed by atoms with van der Waals surface area (Å²) in [6.45, 7) is 0.0670. The maximum absolute atomic E-state index is 13.2. The number of halogens is 7. The van der Waals surface area contributed by atoms with Crippen molar-refractivity contribution in [2.24, 2.45) is 0 Å². The van der Waals surface area contributed by atoms with Crippen LogP contribution in [0, 0.1) is 0 Å². The second-order valence-electron chi connectivity index (χ2n) is 7.01. The molecule has 1 amide bonds. The Labute approximate surface area is 167 Å². The van der Waals surface area contributed by atoms with E-state index < -0.39 is 41.6 Å². The summed E-state index contributed by atoms with van der Waals surface area (Å²) >= 11 is 0. The largest absolute Gasteiger partial charge is 0.416 e. The molecule has 1 fully saturated rings. The Balaban J connectivity index is 1.83. The van der Waals surface area contributed by atoms with Crippen LogP contribution in [0.1, 0.15) is 23.1 Å². The predicted octanol–water partition coefficient (Wildman–Crippen LogP) is 4.71. The second-order valence-corrected chi connectivity index (χ2v) is 7.01. The topological polar surface area (TPSA) is 41.1 Å². The van der Waals surface area contributed by atoms with Crippen LogP contribution in [-0.4, -0.2) is 24.7 Å². The number of hydrogen-bond acceptors (Lipinski definition) is 2. The molecule has 1 aliphatic heterocycles. The molecule has 0 aromatic heterocycles. The van der Waals surface area contributed by atoms with E-state index >= 15 is 0 Å². The molecule has 0 saturated carbocycles. The molecule has 1 aliphatic rings. The second kappa shape index (κ2) is 8.25. The molecule has 2 atom stereocenters. The van der Waals surface area contributed by atoms with E-state index in [-0.39, 0.29) is 36.7 Å². The van der Waals surface area contributed by atoms with Gasteiger partial charge < -0.3 is 10.6 Å². The summed E-state index contributed by atoms with van der Waals surface area (Å²) in [6.07, 6.45) is -11.0. The number of hydrogen-bond donors (Lipinski definition) is 2. The van der Waals surface area contributed by atoms with Crippen molar-refractivity contribution in [1.82, 2.24) is 10.6 Å². The van der Waals surface area contributed by atoms with Crippen LogP contribution in [0.2, 0.25) is 0 Å². The van der Waals surface area contributed by atoms with Crippen LogP contribution in [0.25, 0.3) is 11.1 Å². The lowest BCUT2D eigenvalue weighted by atomic mass is 9.97. The highest BCUT2D eigenvalue weighted by molar-refractivity contribution is 5.82. The minimum absolute atomic E-state index is 0.00705. The zero-order chi connectivity index (χ0) is 22.1. The van der Waals surface area contributed by atoms with Gasteiger partial charge in [-0.25, -0.2) is 4.39 Å². The van der Waals surface area contributed by atoms with Gasteiger partial charge >= 0.3 is 12.4 Å². The minimum atomic E-state index is -4.94. The number of amides is 1. The number of nitrogens with one attached hydrogen (secondary N) is 2. The molecule has 2 aromatic carbocycles. The number of rotatable bonds is 4. The monoisotopic (exact) mass is 434 g/mol. The number of benzene rings is 2. The van der Waals surface area contributed by atoms with Gasteiger partial charge in [0.2, 0.25) is 5.91 Å². The molecule has 2 N–H and O–H groups in total. The number of carbonyl (C=O) groups excluding carboxylic acids is 1. The molecule has 3 nitrogen and oxygen atoms in total. The van der Waals surface area contributed by atoms with Gasteiger partial charge in [0.05, 0.1) is 17.2 Å². The lowest BCUT2D eigenvalue weighted by Gasteiger charge is -2.15. The first-order valence-electron chi connectivity index (χ1n) is 8.97. The van der Waals surface area contributed by atoms with Gasteiger partial charge in [-0.2, -0.15) is 26.3 Å². The average Bonchev–Trinajstić information content (AvgIpc) is 3.11. The van der Waals surface area contributed by atoms with Crippen LogP contribution in [0.3, 0.4) is 0 Å². The quantitative estimate of drug-likeness (QED) is 0.685. The summed E-state index contributed by atoms with van der Waals surface area (Å²) in [5, 5.41) is 5.30. The number of alkyl halides is 7. The van der Waals surface area contributed by atoms with Crippen LogP contribution in [-0.2, 0) is 23.7 Å². The van der Waals surface area contributed by atoms with Crippen molar-refractivity contribution in [2.75, 3.05) is 6.54 Å². The minimum Gasteiger partial charge on any atom is -0.351 e. The molecule has 3 rings (SSSR count). The molecule has 1 heterocycles. The summed E-state index contributed by atoms with van der Waals surface area (Å²) in [4.78, 5) is 12.0. The molecule has 1 saturated heterocycles. The Morgan fingerprint density at radius 2 is 1.60 bits per heavy atom. The Morgan fingerprint density at radius 3 is 2.13 bits per heavy atom. The molecule has 10 heteroatoms. The first kappa shape index (κ1) is 22.1. The van der Waals surface area contributed by atoms with E-state index in [1.54, 1.807) is 6.07 Å². The molecule has 2 aromatic rings. The summed E-state index contributed by atoms with van der Waals surface area (Å²) in [5.41, 5.74) is -2.44. The Hall–Kier alpha value is -2.62. The summed E-state index contributed by atoms with van der Waals surface area (Å²) < 4.78 is 91.6. The average molecular weight is 434 g/mol. The predicted molar refractivity (Wildman–Crippen MR) is 95.0 cm³/mol. The zero-order valence-electron chi connectivity index (χ0n) is 15.4. The summed E-state index contributed by atoms with van der Waals surface area (Å²) in [5.74, 6) is -0.432. The molecule has 0 spiro atoms. The fourth-order valence-electron chi connectivity index (χ4n) is 3.19. The van der Waals surface area contributed by atoms with Crippen molar-refractivity contribution >= 4 is 5.91 Å². The van der Waals surface area contributed by atoms with E-state index in [2.05, 4.69) is 10.6 Å². The van der Waals surface area contributed by atoms with Crippen molar-refractivity contribution in [3.05, 3.63) is 59.2 Å². The summed E-state index contributed by atoms with van der Waals surface area (Å²) in [7, 11) is 0. The van der Waals surface area contributed by atoms with E-state index in [1.807, 2.05) is 0 Å². The molecule has 0 bridgehead atoms. The lowest BCUT2D eigenvalue weighted by Crippen LogP contribution is -2.39. The highest BCUT2D eigenvalue weighted by Gasteiger charge is 2.37. The van der Waals surface area contributed by atoms with Gasteiger partial charge in [0.15, 0.2) is 0 Å². The molecule has 0 radical (unpaired) electrons. The van der Waals surface area contributed by atoms with Crippen LogP contribution in [0.5, 0.6) is 0 Å². The molecule has 2 unspecified atom stereocenters. The Kier molecular flexibility index (Phi) is 6.07. The molecular weight excluding hydrogens is 417 g/mol. The van der Waals surface area contributed by atoms with Crippen molar-refractivity contribution in [3.63, 3.8) is 0 Å². The fraction of sp³-hybridized carbons (Fsp3) is 0.350. The zero-order valence-corrected chi connectivity index (χ0v) is 15.4. The van der Waals surface area contributed by atoms with Crippen LogP contribution >= 0.6 is 0 Å². The third-order valence-electron chi connectivity index (χ3n) is 4.71. The van der Waals surface area contributed by atoms with E-state index in [0.29, 0.717) is 17.7 Å². The molecule has 162 valence electrons. The van der Waals surface area contributed by atoms with Gasteiger partial charge in [-0.05, 0) is 41.0 Å². The third-order valence-corrected chi connectivity index (χ3v) is 4.71. The van der Waals surface area contributed by atoms with Gasteiger partial charge in [0.1, 0.15) is 6.17 Å². The number of carbonyl (C=O) groups is 1. The van der Waals surface area contributed by atoms with Crippen LogP contribution in [0.4, 0.5) is 30.7 Å². The van der Waals surface area contributed by atoms with Gasteiger partial charge in [-0.1, -0.05) is 18.2 Å². The maximum Gasteiger partial charge on any atom is 0.416 e. The molecule has 30 heavy (non-hydrogen) atoms. The smallest absolute Gasteiger partial charge is 0.351 e. The van der Waals surface area contributed by atoms with Crippen molar-refractivity contribution in [2.45, 2.75) is 37.5 Å². The SMILES string of the molecule is O=C(NCc1cccc(-c2cc(C(F)(F)F)cc(C(F)(F)F)c2)c1)C1CC(F)CN1. The fourth-order valence-corrected chi connectivity index (χ4v) is 3.19. The van der Waals surface area contributed by atoms with Crippen molar-refractivity contribution < 1.29 is 35.5 Å². The van der Waals surface area contributed by atoms with Crippen molar-refractivity contribution in [3.8, 4) is 11.1 Å². The first-order chi connectivity index (χ1) is 13.9. The third kappa shape index (κ3) is 5.29. The van der Waals surface area contributed by atoms with Gasteiger partial charge in [0, 0.05) is 19.5 Å². The Morgan fingerprint density at radius 1 is 0.967 bits per heavy atom. The lowest BCUT2D eigenvalue weighted by molar-refractivity contribution is -0.143. The van der Waals surface area contributed by atoms with E-state index in [9.17, 15) is 35.5 Å². The maximum atomic E-state index is 13.2. The van der Waals surface area contributed by atoms with Crippen LogP contribution in [0.15, 0.2) is 42.5 Å². The van der Waals surface area contributed by atoms with Gasteiger partial charge in [-0.3, -0.25) is 4.79 Å². The summed E-state index contributed by atoms with van der Waals surface area (Å²) in [6, 6.07) is 6.51. The van der Waals surface area contributed by atoms with Gasteiger partial charge in [0.25, 0.3) is 0 Å². The normalized spacial score (nSPS) is 19.7. The van der Waals surface area contributed by atoms with E-state index in [0.717, 1.165) is 0 Å². The first-order valence-corrected chi connectivity index (χ1v) is 8.97. The standard InChI is InChI=1S/C20H17F7N2O/c21-16-8-17(28-10-16)18(30)29-9-11-2-1-3-12(4-11)13-5-14(19(22,23)24)7-15(6-13)20(25,26)27/h1-7,16-17,28H,8-10H2,(H,29,30). The Bertz CT molecular complexity index is 892. The highest BCUT2D eigenvalue weighted by Crippen LogP contribution is 2.38. The van der Waals surface area contributed by atoms with E-state index in [1.165, 1.54) is 18.2 Å². The van der Waals surface area contributed by atoms with Crippen molar-refractivity contribution in [1.29, 1.82) is 0 Å². The molecular formula is C20H17F7N2O. The molecule has 0 aliphatic carbocycles. The van der Waals surface area contributed by atoms with Gasteiger partial charge in [-0.15, -0.1) is 0 Å².